The topological polar surface area (TPSA) is 110 Å². The highest BCUT2D eigenvalue weighted by molar-refractivity contribution is 7.89. The Balaban J connectivity index is 1.64. The average Bonchev–Trinajstić information content (AvgIpc) is 3.69. The number of rotatable bonds is 7. The first-order chi connectivity index (χ1) is 15.6. The Labute approximate surface area is 191 Å². The summed E-state index contributed by atoms with van der Waals surface area (Å²) in [6.45, 7) is 6.51. The van der Waals surface area contributed by atoms with Crippen molar-refractivity contribution in [1.82, 2.24) is 18.8 Å². The van der Waals surface area contributed by atoms with Crippen molar-refractivity contribution < 1.29 is 13.2 Å². The Morgan fingerprint density at radius 3 is 2.61 bits per heavy atom. The molecule has 5 rings (SSSR count). The van der Waals surface area contributed by atoms with Gasteiger partial charge in [0.1, 0.15) is 0 Å². The van der Waals surface area contributed by atoms with Gasteiger partial charge in [0.25, 0.3) is 5.56 Å². The van der Waals surface area contributed by atoms with Crippen molar-refractivity contribution in [3.63, 3.8) is 0 Å². The van der Waals surface area contributed by atoms with E-state index in [0.29, 0.717) is 30.9 Å². The van der Waals surface area contributed by atoms with Crippen LogP contribution in [-0.4, -0.2) is 47.0 Å². The van der Waals surface area contributed by atoms with Crippen LogP contribution in [0.2, 0.25) is 0 Å². The van der Waals surface area contributed by atoms with Gasteiger partial charge in [0.05, 0.1) is 21.8 Å². The van der Waals surface area contributed by atoms with Crippen LogP contribution in [0, 0.1) is 5.92 Å². The Morgan fingerprint density at radius 2 is 1.97 bits per heavy atom. The van der Waals surface area contributed by atoms with E-state index in [2.05, 4.69) is 11.3 Å². The molecule has 9 nitrogen and oxygen atoms in total. The Hall–Kier alpha value is -2.72. The third kappa shape index (κ3) is 4.06. The first-order valence-electron chi connectivity index (χ1n) is 11.4. The number of fused-ring (bicyclic) bond motifs is 1. The molecule has 2 saturated carbocycles. The maximum absolute atomic E-state index is 13.5. The molecule has 1 saturated heterocycles. The quantitative estimate of drug-likeness (QED) is 0.612. The van der Waals surface area contributed by atoms with E-state index in [9.17, 15) is 22.8 Å². The fourth-order valence-corrected chi connectivity index (χ4v) is 6.04. The molecule has 1 aromatic carbocycles. The van der Waals surface area contributed by atoms with Crippen LogP contribution in [0.5, 0.6) is 0 Å². The molecule has 0 radical (unpaired) electrons. The number of aromatic nitrogens is 2. The number of amides is 1. The monoisotopic (exact) mass is 472 g/mol. The van der Waals surface area contributed by atoms with Gasteiger partial charge in [-0.2, -0.15) is 0 Å². The third-order valence-electron chi connectivity index (χ3n) is 6.99. The lowest BCUT2D eigenvalue weighted by molar-refractivity contribution is -0.125. The van der Waals surface area contributed by atoms with E-state index in [0.717, 1.165) is 25.7 Å². The van der Waals surface area contributed by atoms with Gasteiger partial charge in [-0.25, -0.2) is 17.9 Å². The predicted molar refractivity (Wildman–Crippen MR) is 124 cm³/mol. The molecule has 176 valence electrons. The Bertz CT molecular complexity index is 1380. The summed E-state index contributed by atoms with van der Waals surface area (Å²) in [7, 11) is -3.80. The van der Waals surface area contributed by atoms with Gasteiger partial charge < -0.3 is 4.90 Å². The first kappa shape index (κ1) is 22.1. The molecule has 2 heterocycles. The summed E-state index contributed by atoms with van der Waals surface area (Å²) in [6.07, 6.45) is 5.29. The number of nitrogens with zero attached hydrogens (tertiary/aromatic N) is 3. The van der Waals surface area contributed by atoms with Crippen LogP contribution >= 0.6 is 0 Å². The molecule has 0 spiro atoms. The molecule has 3 aliphatic rings. The zero-order valence-corrected chi connectivity index (χ0v) is 19.4. The first-order valence-corrected chi connectivity index (χ1v) is 12.8. The summed E-state index contributed by atoms with van der Waals surface area (Å²) in [5.74, 6) is 0.136. The van der Waals surface area contributed by atoms with Crippen molar-refractivity contribution in [1.29, 1.82) is 0 Å². The molecule has 10 heteroatoms. The van der Waals surface area contributed by atoms with E-state index < -0.39 is 32.9 Å². The summed E-state index contributed by atoms with van der Waals surface area (Å²) in [4.78, 5) is 40.6. The second kappa shape index (κ2) is 7.66. The van der Waals surface area contributed by atoms with Crippen LogP contribution in [0.3, 0.4) is 0 Å². The number of benzene rings is 1. The molecule has 3 fully saturated rings. The standard InChI is InChI=1S/C23H28N4O5S/c1-3-20(28)25-11-8-16(14-25)27-21(29)18-12-17(33(31,32)24-23(2)9-10-23)6-7-19(18)26(22(27)30)13-15-4-5-15/h3,6-7,12,15-16,24H,1,4-5,8-11,13-14H2,2H3. The highest BCUT2D eigenvalue weighted by atomic mass is 32.2. The van der Waals surface area contributed by atoms with E-state index >= 15 is 0 Å². The van der Waals surface area contributed by atoms with Gasteiger partial charge in [0, 0.05) is 25.2 Å². The summed E-state index contributed by atoms with van der Waals surface area (Å²) in [5, 5.41) is 0.201. The molecule has 1 aliphatic heterocycles. The summed E-state index contributed by atoms with van der Waals surface area (Å²) in [6, 6.07) is 3.94. The summed E-state index contributed by atoms with van der Waals surface area (Å²) in [5.41, 5.74) is -0.920. The molecule has 2 aromatic rings. The summed E-state index contributed by atoms with van der Waals surface area (Å²) < 4.78 is 31.4. The SMILES string of the molecule is C=CC(=O)N1CCC(n2c(=O)c3cc(S(=O)(=O)NC4(C)CC4)ccc3n(CC3CC3)c2=O)C1. The van der Waals surface area contributed by atoms with Crippen molar-refractivity contribution in [3.05, 3.63) is 51.7 Å². The molecule has 1 N–H and O–H groups in total. The number of likely N-dealkylation sites (tertiary alicyclic amines) is 1. The van der Waals surface area contributed by atoms with Crippen molar-refractivity contribution in [2.24, 2.45) is 5.92 Å². The largest absolute Gasteiger partial charge is 0.337 e. The van der Waals surface area contributed by atoms with Gasteiger partial charge in [0.15, 0.2) is 0 Å². The number of nitrogens with one attached hydrogen (secondary N) is 1. The minimum Gasteiger partial charge on any atom is -0.337 e. The molecule has 1 aromatic heterocycles. The highest BCUT2D eigenvalue weighted by Gasteiger charge is 2.41. The van der Waals surface area contributed by atoms with Crippen molar-refractivity contribution in [2.45, 2.75) is 62.0 Å². The fourth-order valence-electron chi connectivity index (χ4n) is 4.55. The fraction of sp³-hybridized carbons (Fsp3) is 0.522. The van der Waals surface area contributed by atoms with E-state index in [-0.39, 0.29) is 22.7 Å². The van der Waals surface area contributed by atoms with Gasteiger partial charge in [-0.05, 0) is 69.2 Å². The molecule has 2 aliphatic carbocycles. The zero-order chi connectivity index (χ0) is 23.5. The lowest BCUT2D eigenvalue weighted by Gasteiger charge is -2.19. The van der Waals surface area contributed by atoms with E-state index in [1.165, 1.54) is 22.8 Å². The van der Waals surface area contributed by atoms with Gasteiger partial charge in [-0.3, -0.25) is 18.7 Å². The zero-order valence-electron chi connectivity index (χ0n) is 18.6. The smallest absolute Gasteiger partial charge is 0.331 e. The van der Waals surface area contributed by atoms with E-state index in [4.69, 9.17) is 0 Å². The van der Waals surface area contributed by atoms with E-state index in [1.54, 1.807) is 15.5 Å². The molecule has 1 unspecified atom stereocenters. The van der Waals surface area contributed by atoms with Crippen LogP contribution in [0.1, 0.15) is 45.1 Å². The maximum atomic E-state index is 13.5. The Kier molecular flexibility index (Phi) is 5.13. The molecule has 0 bridgehead atoms. The van der Waals surface area contributed by atoms with Crippen molar-refractivity contribution >= 4 is 26.8 Å². The molecule has 1 amide bonds. The lowest BCUT2D eigenvalue weighted by Crippen LogP contribution is -2.43. The van der Waals surface area contributed by atoms with Crippen LogP contribution < -0.4 is 16.0 Å². The lowest BCUT2D eigenvalue weighted by atomic mass is 10.2. The van der Waals surface area contributed by atoms with Gasteiger partial charge in [-0.15, -0.1) is 0 Å². The van der Waals surface area contributed by atoms with Crippen LogP contribution in [0.15, 0.2) is 45.3 Å². The van der Waals surface area contributed by atoms with Gasteiger partial charge >= 0.3 is 5.69 Å². The van der Waals surface area contributed by atoms with Crippen LogP contribution in [0.25, 0.3) is 10.9 Å². The normalized spacial score (nSPS) is 22.0. The number of hydrogen-bond donors (Lipinski definition) is 1. The maximum Gasteiger partial charge on any atom is 0.331 e. The second-order valence-corrected chi connectivity index (χ2v) is 11.5. The number of carbonyl (C=O) groups is 1. The highest BCUT2D eigenvalue weighted by Crippen LogP contribution is 2.36. The molecule has 33 heavy (non-hydrogen) atoms. The van der Waals surface area contributed by atoms with Crippen LogP contribution in [-0.2, 0) is 21.4 Å². The predicted octanol–water partition coefficient (Wildman–Crippen LogP) is 1.36. The second-order valence-electron chi connectivity index (χ2n) is 9.79. The molecular weight excluding hydrogens is 444 g/mol. The number of sulfonamides is 1. The van der Waals surface area contributed by atoms with Crippen LogP contribution in [0.4, 0.5) is 0 Å². The van der Waals surface area contributed by atoms with Gasteiger partial charge in [0.2, 0.25) is 15.9 Å². The van der Waals surface area contributed by atoms with Crippen molar-refractivity contribution in [3.8, 4) is 0 Å². The molecular formula is C23H28N4O5S. The Morgan fingerprint density at radius 1 is 1.24 bits per heavy atom. The van der Waals surface area contributed by atoms with Gasteiger partial charge in [-0.1, -0.05) is 6.58 Å². The van der Waals surface area contributed by atoms with Crippen molar-refractivity contribution in [2.75, 3.05) is 13.1 Å². The third-order valence-corrected chi connectivity index (χ3v) is 8.62. The molecule has 1 atom stereocenters. The van der Waals surface area contributed by atoms with E-state index in [1.807, 2.05) is 6.92 Å². The minimum absolute atomic E-state index is 0.0123. The minimum atomic E-state index is -3.80. The number of hydrogen-bond acceptors (Lipinski definition) is 5. The average molecular weight is 473 g/mol. The summed E-state index contributed by atoms with van der Waals surface area (Å²) >= 11 is 0. The number of carbonyl (C=O) groups excluding carboxylic acids is 1.